The maximum absolute atomic E-state index is 5.33. The van der Waals surface area contributed by atoms with E-state index >= 15 is 0 Å². The van der Waals surface area contributed by atoms with E-state index in [4.69, 9.17) is 9.47 Å². The van der Waals surface area contributed by atoms with Crippen LogP contribution in [0.1, 0.15) is 5.56 Å². The number of anilines is 2. The minimum absolute atomic E-state index is 0.678. The van der Waals surface area contributed by atoms with Gasteiger partial charge in [-0.1, -0.05) is 6.07 Å². The molecule has 0 atom stereocenters. The average molecular weight is 302 g/mol. The highest BCUT2D eigenvalue weighted by atomic mass is 16.5. The second-order valence-electron chi connectivity index (χ2n) is 5.15. The van der Waals surface area contributed by atoms with Gasteiger partial charge in [-0.3, -0.25) is 0 Å². The van der Waals surface area contributed by atoms with E-state index in [2.05, 4.69) is 9.97 Å². The van der Waals surface area contributed by atoms with Gasteiger partial charge >= 0.3 is 0 Å². The number of methoxy groups -OCH3 is 2. The third-order valence-electron chi connectivity index (χ3n) is 3.30. The molecule has 6 nitrogen and oxygen atoms in total. The molecule has 0 aliphatic rings. The average Bonchev–Trinajstić information content (AvgIpc) is 2.54. The molecule has 0 fully saturated rings. The summed E-state index contributed by atoms with van der Waals surface area (Å²) in [6, 6.07) is 7.76. The van der Waals surface area contributed by atoms with Gasteiger partial charge in [0.05, 0.1) is 14.2 Å². The Labute approximate surface area is 131 Å². The van der Waals surface area contributed by atoms with Gasteiger partial charge in [0.15, 0.2) is 11.5 Å². The zero-order valence-corrected chi connectivity index (χ0v) is 13.7. The SMILES string of the molecule is COc1ccc(CN(C)c2nccc(N(C)C)n2)cc1OC. The van der Waals surface area contributed by atoms with Crippen molar-refractivity contribution in [1.82, 2.24) is 9.97 Å². The molecule has 2 aromatic rings. The lowest BCUT2D eigenvalue weighted by atomic mass is 10.2. The molecule has 2 rings (SSSR count). The Morgan fingerprint density at radius 3 is 2.36 bits per heavy atom. The van der Waals surface area contributed by atoms with Crippen LogP contribution >= 0.6 is 0 Å². The van der Waals surface area contributed by atoms with Crippen LogP contribution in [0.3, 0.4) is 0 Å². The second kappa shape index (κ2) is 6.98. The van der Waals surface area contributed by atoms with Gasteiger partial charge in [-0.15, -0.1) is 0 Å². The molecule has 118 valence electrons. The van der Waals surface area contributed by atoms with Gasteiger partial charge in [-0.25, -0.2) is 4.98 Å². The second-order valence-corrected chi connectivity index (χ2v) is 5.15. The summed E-state index contributed by atoms with van der Waals surface area (Å²) in [6.07, 6.45) is 1.77. The molecule has 0 N–H and O–H groups in total. The lowest BCUT2D eigenvalue weighted by Crippen LogP contribution is -2.20. The Morgan fingerprint density at radius 1 is 1.00 bits per heavy atom. The molecule has 1 heterocycles. The predicted octanol–water partition coefficient (Wildman–Crippen LogP) is 2.20. The zero-order chi connectivity index (χ0) is 16.1. The van der Waals surface area contributed by atoms with Crippen molar-refractivity contribution >= 4 is 11.8 Å². The molecule has 0 saturated carbocycles. The standard InChI is InChI=1S/C16H22N4O2/c1-19(2)15-8-9-17-16(18-15)20(3)11-12-6-7-13(21-4)14(10-12)22-5/h6-10H,11H2,1-5H3. The summed E-state index contributed by atoms with van der Waals surface area (Å²) in [5, 5.41) is 0. The number of benzene rings is 1. The van der Waals surface area contributed by atoms with Crippen LogP contribution < -0.4 is 19.3 Å². The molecule has 22 heavy (non-hydrogen) atoms. The van der Waals surface area contributed by atoms with Gasteiger partial charge in [0.2, 0.25) is 5.95 Å². The topological polar surface area (TPSA) is 50.7 Å². The highest BCUT2D eigenvalue weighted by molar-refractivity contribution is 5.45. The quantitative estimate of drug-likeness (QED) is 0.815. The Kier molecular flexibility index (Phi) is 5.04. The summed E-state index contributed by atoms with van der Waals surface area (Å²) in [5.41, 5.74) is 1.10. The van der Waals surface area contributed by atoms with Crippen molar-refractivity contribution in [1.29, 1.82) is 0 Å². The highest BCUT2D eigenvalue weighted by Crippen LogP contribution is 2.28. The normalized spacial score (nSPS) is 10.2. The predicted molar refractivity (Wildman–Crippen MR) is 88.0 cm³/mol. The van der Waals surface area contributed by atoms with E-state index in [9.17, 15) is 0 Å². The van der Waals surface area contributed by atoms with Crippen LogP contribution in [0.25, 0.3) is 0 Å². The first kappa shape index (κ1) is 15.9. The molecule has 1 aromatic carbocycles. The first-order valence-electron chi connectivity index (χ1n) is 6.97. The summed E-state index contributed by atoms with van der Waals surface area (Å²) in [5.74, 6) is 3.00. The van der Waals surface area contributed by atoms with E-state index in [0.717, 1.165) is 22.9 Å². The summed E-state index contributed by atoms with van der Waals surface area (Å²) >= 11 is 0. The largest absolute Gasteiger partial charge is 0.493 e. The maximum Gasteiger partial charge on any atom is 0.227 e. The number of nitrogens with zero attached hydrogens (tertiary/aromatic N) is 4. The van der Waals surface area contributed by atoms with Crippen LogP contribution in [0.2, 0.25) is 0 Å². The Balaban J connectivity index is 2.18. The molecule has 0 spiro atoms. The first-order chi connectivity index (χ1) is 10.5. The van der Waals surface area contributed by atoms with E-state index in [1.54, 1.807) is 20.4 Å². The lowest BCUT2D eigenvalue weighted by Gasteiger charge is -2.20. The summed E-state index contributed by atoms with van der Waals surface area (Å²) < 4.78 is 10.6. The van der Waals surface area contributed by atoms with Crippen molar-refractivity contribution in [3.8, 4) is 11.5 Å². The lowest BCUT2D eigenvalue weighted by molar-refractivity contribution is 0.354. The Hall–Kier alpha value is -2.50. The fraction of sp³-hybridized carbons (Fsp3) is 0.375. The fourth-order valence-corrected chi connectivity index (χ4v) is 2.10. The number of hydrogen-bond donors (Lipinski definition) is 0. The van der Waals surface area contributed by atoms with Gasteiger partial charge < -0.3 is 19.3 Å². The molecule has 0 aliphatic carbocycles. The fourth-order valence-electron chi connectivity index (χ4n) is 2.10. The first-order valence-corrected chi connectivity index (χ1v) is 6.97. The van der Waals surface area contributed by atoms with Crippen LogP contribution in [0.5, 0.6) is 11.5 Å². The molecule has 0 saturated heterocycles. The van der Waals surface area contributed by atoms with E-state index in [-0.39, 0.29) is 0 Å². The van der Waals surface area contributed by atoms with Crippen LogP contribution in [0.4, 0.5) is 11.8 Å². The molecular formula is C16H22N4O2. The third-order valence-corrected chi connectivity index (χ3v) is 3.30. The van der Waals surface area contributed by atoms with Crippen molar-refractivity contribution in [2.45, 2.75) is 6.54 Å². The van der Waals surface area contributed by atoms with E-state index in [1.807, 2.05) is 55.2 Å². The van der Waals surface area contributed by atoms with Gasteiger partial charge in [0, 0.05) is 33.9 Å². The molecule has 0 aliphatic heterocycles. The van der Waals surface area contributed by atoms with Gasteiger partial charge in [0.25, 0.3) is 0 Å². The molecule has 0 amide bonds. The van der Waals surface area contributed by atoms with Crippen LogP contribution in [0.15, 0.2) is 30.5 Å². The van der Waals surface area contributed by atoms with Gasteiger partial charge in [-0.2, -0.15) is 4.98 Å². The molecule has 1 aromatic heterocycles. The van der Waals surface area contributed by atoms with E-state index < -0.39 is 0 Å². The van der Waals surface area contributed by atoms with E-state index in [1.165, 1.54) is 0 Å². The summed E-state index contributed by atoms with van der Waals surface area (Å²) in [7, 11) is 9.14. The van der Waals surface area contributed by atoms with Gasteiger partial charge in [-0.05, 0) is 23.8 Å². The maximum atomic E-state index is 5.33. The Bertz CT molecular complexity index is 631. The van der Waals surface area contributed by atoms with Crippen molar-refractivity contribution in [3.05, 3.63) is 36.0 Å². The van der Waals surface area contributed by atoms with Crippen molar-refractivity contribution in [2.24, 2.45) is 0 Å². The number of aromatic nitrogens is 2. The molecular weight excluding hydrogens is 280 g/mol. The minimum atomic E-state index is 0.678. The van der Waals surface area contributed by atoms with Gasteiger partial charge in [0.1, 0.15) is 5.82 Å². The number of rotatable bonds is 6. The number of hydrogen-bond acceptors (Lipinski definition) is 6. The third kappa shape index (κ3) is 3.58. The minimum Gasteiger partial charge on any atom is -0.493 e. The van der Waals surface area contributed by atoms with Crippen molar-refractivity contribution < 1.29 is 9.47 Å². The smallest absolute Gasteiger partial charge is 0.227 e. The molecule has 0 unspecified atom stereocenters. The van der Waals surface area contributed by atoms with Crippen LogP contribution in [-0.2, 0) is 6.54 Å². The van der Waals surface area contributed by atoms with Crippen molar-refractivity contribution in [3.63, 3.8) is 0 Å². The van der Waals surface area contributed by atoms with Crippen LogP contribution in [-0.4, -0.2) is 45.3 Å². The Morgan fingerprint density at radius 2 is 1.73 bits per heavy atom. The monoisotopic (exact) mass is 302 g/mol. The summed E-state index contributed by atoms with van der Waals surface area (Å²) in [6.45, 7) is 0.678. The molecule has 6 heteroatoms. The zero-order valence-electron chi connectivity index (χ0n) is 13.7. The van der Waals surface area contributed by atoms with Crippen molar-refractivity contribution in [2.75, 3.05) is 45.2 Å². The highest BCUT2D eigenvalue weighted by Gasteiger charge is 2.10. The van der Waals surface area contributed by atoms with Crippen LogP contribution in [0, 0.1) is 0 Å². The summed E-state index contributed by atoms with van der Waals surface area (Å²) in [4.78, 5) is 12.8. The molecule has 0 bridgehead atoms. The molecule has 0 radical (unpaired) electrons. The number of ether oxygens (including phenoxy) is 2. The van der Waals surface area contributed by atoms with E-state index in [0.29, 0.717) is 12.5 Å².